The zero-order valence-corrected chi connectivity index (χ0v) is 19.9. The minimum Gasteiger partial charge on any atom is -0.462 e. The molecule has 31 heavy (non-hydrogen) atoms. The van der Waals surface area contributed by atoms with E-state index < -0.39 is 0 Å². The Balaban J connectivity index is 1.33. The zero-order valence-electron chi connectivity index (χ0n) is 19.9. The van der Waals surface area contributed by atoms with Gasteiger partial charge in [-0.1, -0.05) is 26.7 Å². The molecule has 5 saturated carbocycles. The summed E-state index contributed by atoms with van der Waals surface area (Å²) < 4.78 is 12.2. The van der Waals surface area contributed by atoms with Gasteiger partial charge in [-0.25, -0.2) is 0 Å². The van der Waals surface area contributed by atoms with Crippen LogP contribution in [0.1, 0.15) is 98.3 Å². The van der Waals surface area contributed by atoms with E-state index in [0.717, 1.165) is 32.1 Å². The number of Topliss-reactive ketones (excluding diaryl/α,β-unsaturated/α-hetero) is 1. The molecular formula is C27H40O4. The summed E-state index contributed by atoms with van der Waals surface area (Å²) in [4.78, 5) is 24.8. The van der Waals surface area contributed by atoms with Crippen molar-refractivity contribution >= 4 is 11.8 Å². The molecule has 0 radical (unpaired) electrons. The highest BCUT2D eigenvalue weighted by Gasteiger charge is 2.78. The molecule has 172 valence electrons. The van der Waals surface area contributed by atoms with Crippen LogP contribution in [0, 0.1) is 39.9 Å². The van der Waals surface area contributed by atoms with E-state index in [4.69, 9.17) is 9.47 Å². The van der Waals surface area contributed by atoms with E-state index in [-0.39, 0.29) is 33.9 Å². The van der Waals surface area contributed by atoms with Gasteiger partial charge >= 0.3 is 5.97 Å². The van der Waals surface area contributed by atoms with Gasteiger partial charge in [0.2, 0.25) is 0 Å². The Morgan fingerprint density at radius 1 is 0.903 bits per heavy atom. The van der Waals surface area contributed by atoms with Crippen molar-refractivity contribution in [2.75, 3.05) is 0 Å². The highest BCUT2D eigenvalue weighted by Crippen LogP contribution is 2.77. The molecule has 10 atom stereocenters. The van der Waals surface area contributed by atoms with E-state index >= 15 is 0 Å². The molecule has 0 aromatic carbocycles. The molecule has 4 nitrogen and oxygen atoms in total. The molecule has 5 aliphatic carbocycles. The van der Waals surface area contributed by atoms with Crippen molar-refractivity contribution in [2.24, 2.45) is 39.9 Å². The Hall–Kier alpha value is -0.900. The largest absolute Gasteiger partial charge is 0.462 e. The number of ketones is 1. The minimum absolute atomic E-state index is 0.0244. The lowest BCUT2D eigenvalue weighted by Gasteiger charge is -2.61. The fourth-order valence-electron chi connectivity index (χ4n) is 10.8. The first kappa shape index (κ1) is 20.7. The SMILES string of the molecule is CC(=O)O[C@@H]1CC[C@]2(C)[C@H]3CC[C@@]4(C)[C@@H](C[C@H]5CCCC[C@@]54C(C)=O)[C@@H]3C[C@@H]3O[C@@]32C1. The number of esters is 1. The maximum absolute atomic E-state index is 13.2. The maximum Gasteiger partial charge on any atom is 0.302 e. The fourth-order valence-corrected chi connectivity index (χ4v) is 10.8. The second kappa shape index (κ2) is 6.36. The topological polar surface area (TPSA) is 55.9 Å². The summed E-state index contributed by atoms with van der Waals surface area (Å²) in [5.41, 5.74) is 0.235. The predicted octanol–water partition coefficient (Wildman–Crippen LogP) is 5.47. The number of hydrogen-bond acceptors (Lipinski definition) is 4. The first-order valence-electron chi connectivity index (χ1n) is 13.0. The van der Waals surface area contributed by atoms with Crippen LogP contribution >= 0.6 is 0 Å². The van der Waals surface area contributed by atoms with Gasteiger partial charge in [-0.05, 0) is 87.4 Å². The van der Waals surface area contributed by atoms with Crippen molar-refractivity contribution in [3.8, 4) is 0 Å². The van der Waals surface area contributed by atoms with Crippen LogP contribution in [0.25, 0.3) is 0 Å². The van der Waals surface area contributed by atoms with Crippen molar-refractivity contribution in [1.82, 2.24) is 0 Å². The van der Waals surface area contributed by atoms with Crippen molar-refractivity contribution < 1.29 is 19.1 Å². The summed E-state index contributed by atoms with van der Waals surface area (Å²) in [5, 5.41) is 0. The van der Waals surface area contributed by atoms with Gasteiger partial charge in [0.25, 0.3) is 0 Å². The molecule has 0 unspecified atom stereocenters. The Labute approximate surface area is 187 Å². The molecule has 6 fully saturated rings. The molecule has 1 spiro atoms. The van der Waals surface area contributed by atoms with E-state index in [1.54, 1.807) is 0 Å². The predicted molar refractivity (Wildman–Crippen MR) is 117 cm³/mol. The molecule has 0 aromatic rings. The second-order valence-electron chi connectivity index (χ2n) is 12.7. The van der Waals surface area contributed by atoms with Gasteiger partial charge in [0.05, 0.1) is 6.10 Å². The molecule has 4 heteroatoms. The average Bonchev–Trinajstić information content (AvgIpc) is 3.33. The fraction of sp³-hybridized carbons (Fsp3) is 0.926. The van der Waals surface area contributed by atoms with Crippen molar-refractivity contribution in [3.05, 3.63) is 0 Å². The van der Waals surface area contributed by atoms with Crippen LogP contribution in [0.3, 0.4) is 0 Å². The Morgan fingerprint density at radius 2 is 1.68 bits per heavy atom. The molecule has 6 aliphatic rings. The summed E-state index contributed by atoms with van der Waals surface area (Å²) in [5.74, 6) is 2.98. The van der Waals surface area contributed by atoms with Crippen LogP contribution < -0.4 is 0 Å². The lowest BCUT2D eigenvalue weighted by atomic mass is 9.42. The summed E-state index contributed by atoms with van der Waals surface area (Å²) in [6.45, 7) is 8.45. The summed E-state index contributed by atoms with van der Waals surface area (Å²) in [6.07, 6.45) is 13.1. The molecule has 6 rings (SSSR count). The van der Waals surface area contributed by atoms with Gasteiger partial charge in [0.15, 0.2) is 0 Å². The molecule has 1 saturated heterocycles. The lowest BCUT2D eigenvalue weighted by Crippen LogP contribution is -2.60. The third kappa shape index (κ3) is 2.36. The van der Waals surface area contributed by atoms with Gasteiger partial charge in [0, 0.05) is 24.2 Å². The molecule has 0 bridgehead atoms. The molecule has 0 aromatic heterocycles. The normalized spacial score (nSPS) is 56.9. The maximum atomic E-state index is 13.2. The van der Waals surface area contributed by atoms with Crippen molar-refractivity contribution in [3.63, 3.8) is 0 Å². The van der Waals surface area contributed by atoms with Crippen LogP contribution in [0.5, 0.6) is 0 Å². The van der Waals surface area contributed by atoms with Gasteiger partial charge < -0.3 is 9.47 Å². The van der Waals surface area contributed by atoms with Gasteiger partial charge in [0.1, 0.15) is 17.5 Å². The first-order chi connectivity index (χ1) is 14.7. The first-order valence-corrected chi connectivity index (χ1v) is 13.0. The van der Waals surface area contributed by atoms with Crippen molar-refractivity contribution in [2.45, 2.75) is 116 Å². The number of fused-ring (bicyclic) bond motifs is 6. The number of carbonyl (C=O) groups is 2. The summed E-state index contributed by atoms with van der Waals surface area (Å²) >= 11 is 0. The third-order valence-electron chi connectivity index (χ3n) is 12.0. The zero-order chi connectivity index (χ0) is 21.8. The third-order valence-corrected chi connectivity index (χ3v) is 12.0. The van der Waals surface area contributed by atoms with E-state index in [0.29, 0.717) is 35.6 Å². The van der Waals surface area contributed by atoms with Gasteiger partial charge in [-0.2, -0.15) is 0 Å². The quantitative estimate of drug-likeness (QED) is 0.432. The molecular weight excluding hydrogens is 388 g/mol. The minimum atomic E-state index is -0.160. The second-order valence-corrected chi connectivity index (χ2v) is 12.7. The van der Waals surface area contributed by atoms with Gasteiger partial charge in [-0.3, -0.25) is 9.59 Å². The van der Waals surface area contributed by atoms with Crippen LogP contribution in [0.15, 0.2) is 0 Å². The number of carbonyl (C=O) groups excluding carboxylic acids is 2. The number of ether oxygens (including phenoxy) is 2. The number of hydrogen-bond donors (Lipinski definition) is 0. The van der Waals surface area contributed by atoms with E-state index in [1.807, 2.05) is 6.92 Å². The molecule has 1 aliphatic heterocycles. The summed E-state index contributed by atoms with van der Waals surface area (Å²) in [7, 11) is 0. The average molecular weight is 429 g/mol. The Morgan fingerprint density at radius 3 is 2.42 bits per heavy atom. The Kier molecular flexibility index (Phi) is 4.25. The van der Waals surface area contributed by atoms with Gasteiger partial charge in [-0.15, -0.1) is 0 Å². The lowest BCUT2D eigenvalue weighted by molar-refractivity contribution is -0.163. The van der Waals surface area contributed by atoms with E-state index in [2.05, 4.69) is 13.8 Å². The monoisotopic (exact) mass is 428 g/mol. The number of rotatable bonds is 2. The molecule has 0 amide bonds. The van der Waals surface area contributed by atoms with E-state index in [1.165, 1.54) is 45.4 Å². The van der Waals surface area contributed by atoms with Crippen LogP contribution in [0.2, 0.25) is 0 Å². The molecule has 0 N–H and O–H groups in total. The van der Waals surface area contributed by atoms with Crippen LogP contribution in [0.4, 0.5) is 0 Å². The van der Waals surface area contributed by atoms with Crippen LogP contribution in [-0.2, 0) is 19.1 Å². The molecule has 1 heterocycles. The summed E-state index contributed by atoms with van der Waals surface area (Å²) in [6, 6.07) is 0. The number of epoxide rings is 1. The van der Waals surface area contributed by atoms with Crippen molar-refractivity contribution in [1.29, 1.82) is 0 Å². The van der Waals surface area contributed by atoms with E-state index in [9.17, 15) is 9.59 Å². The van der Waals surface area contributed by atoms with Crippen LogP contribution in [-0.4, -0.2) is 29.6 Å². The highest BCUT2D eigenvalue weighted by molar-refractivity contribution is 5.84. The highest BCUT2D eigenvalue weighted by atomic mass is 16.6. The Bertz CT molecular complexity index is 822. The smallest absolute Gasteiger partial charge is 0.302 e. The standard InChI is InChI=1S/C27H40O4/c1-16(28)26-10-6-5-7-18(26)13-22-20-14-23-27(31-23)15-19(30-17(2)29)8-11-25(27,4)21(20)9-12-24(22,26)3/h18-23H,5-15H2,1-4H3/t18-,19-,20-,21+,22+,23+,24+,25-,26-,27+/m1/s1.